The van der Waals surface area contributed by atoms with E-state index in [4.69, 9.17) is 0 Å². The number of nitrogens with zero attached hydrogens (tertiary/aromatic N) is 7. The van der Waals surface area contributed by atoms with E-state index in [1.165, 1.54) is 4.68 Å². The Morgan fingerprint density at radius 3 is 2.44 bits per heavy atom. The third-order valence-corrected chi connectivity index (χ3v) is 4.33. The number of pyridine rings is 1. The highest BCUT2D eigenvalue weighted by atomic mass is 16.2. The summed E-state index contributed by atoms with van der Waals surface area (Å²) >= 11 is 0. The summed E-state index contributed by atoms with van der Waals surface area (Å²) in [5.41, 5.74) is 1.68. The van der Waals surface area contributed by atoms with Gasteiger partial charge in [-0.15, -0.1) is 5.10 Å². The molecule has 2 amide bonds. The maximum absolute atomic E-state index is 12.8. The van der Waals surface area contributed by atoms with Crippen LogP contribution in [-0.4, -0.2) is 72.4 Å². The molecule has 25 heavy (non-hydrogen) atoms. The van der Waals surface area contributed by atoms with Crippen LogP contribution >= 0.6 is 0 Å². The van der Waals surface area contributed by atoms with E-state index in [0.29, 0.717) is 37.4 Å². The number of amides is 2. The zero-order chi connectivity index (χ0) is 17.4. The molecular formula is C16H17N7O2. The van der Waals surface area contributed by atoms with Crippen molar-refractivity contribution in [2.45, 2.75) is 0 Å². The van der Waals surface area contributed by atoms with E-state index in [-0.39, 0.29) is 11.8 Å². The third-order valence-electron chi connectivity index (χ3n) is 4.33. The van der Waals surface area contributed by atoms with E-state index >= 15 is 0 Å². The summed E-state index contributed by atoms with van der Waals surface area (Å²) in [6, 6.07) is 5.62. The fraction of sp³-hybridized carbons (Fsp3) is 0.312. The zero-order valence-corrected chi connectivity index (χ0v) is 13.7. The molecule has 0 saturated carbocycles. The number of hydrogen-bond acceptors (Lipinski definition) is 5. The molecule has 1 fully saturated rings. The van der Waals surface area contributed by atoms with Gasteiger partial charge in [0.15, 0.2) is 5.69 Å². The van der Waals surface area contributed by atoms with Gasteiger partial charge in [-0.2, -0.15) is 5.10 Å². The van der Waals surface area contributed by atoms with Gasteiger partial charge >= 0.3 is 0 Å². The number of fused-ring (bicyclic) bond motifs is 1. The number of carbonyl (C=O) groups excluding carboxylic acids is 2. The van der Waals surface area contributed by atoms with Gasteiger partial charge in [0.25, 0.3) is 11.8 Å². The molecule has 0 spiro atoms. The Balaban J connectivity index is 1.45. The smallest absolute Gasteiger partial charge is 0.276 e. The molecule has 0 aliphatic carbocycles. The fourth-order valence-corrected chi connectivity index (χ4v) is 2.99. The van der Waals surface area contributed by atoms with Crippen molar-refractivity contribution >= 4 is 17.3 Å². The van der Waals surface area contributed by atoms with Gasteiger partial charge in [0.05, 0.1) is 23.5 Å². The van der Waals surface area contributed by atoms with Gasteiger partial charge in [0, 0.05) is 39.4 Å². The molecular weight excluding hydrogens is 322 g/mol. The van der Waals surface area contributed by atoms with E-state index in [1.807, 2.05) is 24.4 Å². The maximum Gasteiger partial charge on any atom is 0.276 e. The molecule has 4 heterocycles. The van der Waals surface area contributed by atoms with Crippen LogP contribution in [-0.2, 0) is 7.05 Å². The lowest BCUT2D eigenvalue weighted by molar-refractivity contribution is 0.0533. The van der Waals surface area contributed by atoms with E-state index in [0.717, 1.165) is 5.52 Å². The lowest BCUT2D eigenvalue weighted by Crippen LogP contribution is -2.50. The minimum atomic E-state index is -0.156. The second kappa shape index (κ2) is 6.00. The molecule has 0 atom stereocenters. The first-order chi connectivity index (χ1) is 12.1. The van der Waals surface area contributed by atoms with Gasteiger partial charge in [0.2, 0.25) is 0 Å². The molecule has 0 aromatic carbocycles. The highest BCUT2D eigenvalue weighted by Crippen LogP contribution is 2.15. The van der Waals surface area contributed by atoms with Crippen molar-refractivity contribution in [1.29, 1.82) is 0 Å². The number of hydrogen-bond donors (Lipinski definition) is 0. The number of piperazine rings is 1. The maximum atomic E-state index is 12.8. The Bertz CT molecular complexity index is 937. The van der Waals surface area contributed by atoms with Crippen LogP contribution in [0.1, 0.15) is 20.8 Å². The summed E-state index contributed by atoms with van der Waals surface area (Å²) in [5, 5.41) is 11.8. The van der Waals surface area contributed by atoms with Gasteiger partial charge < -0.3 is 9.80 Å². The zero-order valence-electron chi connectivity index (χ0n) is 13.7. The van der Waals surface area contributed by atoms with Gasteiger partial charge in [-0.1, -0.05) is 11.3 Å². The SMILES string of the molecule is Cn1cc(C(=O)N2CCN(C(=O)c3cnn4ccccc34)CC2)nn1. The number of rotatable bonds is 2. The minimum Gasteiger partial charge on any atom is -0.335 e. The van der Waals surface area contributed by atoms with Crippen molar-refractivity contribution in [3.05, 3.63) is 48.0 Å². The Kier molecular flexibility index (Phi) is 3.68. The summed E-state index contributed by atoms with van der Waals surface area (Å²) < 4.78 is 3.18. The van der Waals surface area contributed by atoms with Crippen molar-refractivity contribution in [2.24, 2.45) is 7.05 Å². The molecule has 3 aromatic heterocycles. The highest BCUT2D eigenvalue weighted by Gasteiger charge is 2.27. The first-order valence-corrected chi connectivity index (χ1v) is 8.01. The normalized spacial score (nSPS) is 14.9. The molecule has 4 rings (SSSR count). The van der Waals surface area contributed by atoms with E-state index in [9.17, 15) is 9.59 Å². The topological polar surface area (TPSA) is 88.6 Å². The largest absolute Gasteiger partial charge is 0.335 e. The second-order valence-corrected chi connectivity index (χ2v) is 5.95. The lowest BCUT2D eigenvalue weighted by atomic mass is 10.2. The van der Waals surface area contributed by atoms with Crippen LogP contribution in [0.25, 0.3) is 5.52 Å². The van der Waals surface area contributed by atoms with Gasteiger partial charge in [-0.25, -0.2) is 4.52 Å². The minimum absolute atomic E-state index is 0.0622. The Morgan fingerprint density at radius 1 is 1.04 bits per heavy atom. The summed E-state index contributed by atoms with van der Waals surface area (Å²) in [6.45, 7) is 1.91. The van der Waals surface area contributed by atoms with Crippen LogP contribution in [0.4, 0.5) is 0 Å². The molecule has 3 aromatic rings. The standard InChI is InChI=1S/C16H17N7O2/c1-20-11-13(18-19-20)16(25)22-8-6-21(7-9-22)15(24)12-10-17-23-5-3-2-4-14(12)23/h2-5,10-11H,6-9H2,1H3. The van der Waals surface area contributed by atoms with Crippen LogP contribution in [0, 0.1) is 0 Å². The molecule has 9 nitrogen and oxygen atoms in total. The van der Waals surface area contributed by atoms with Crippen molar-refractivity contribution in [2.75, 3.05) is 26.2 Å². The highest BCUT2D eigenvalue weighted by molar-refractivity contribution is 6.00. The number of aryl methyl sites for hydroxylation is 1. The molecule has 9 heteroatoms. The van der Waals surface area contributed by atoms with Crippen LogP contribution in [0.2, 0.25) is 0 Å². The van der Waals surface area contributed by atoms with Gasteiger partial charge in [-0.05, 0) is 12.1 Å². The number of aromatic nitrogens is 5. The monoisotopic (exact) mass is 339 g/mol. The predicted molar refractivity (Wildman–Crippen MR) is 88.0 cm³/mol. The third kappa shape index (κ3) is 2.73. The fourth-order valence-electron chi connectivity index (χ4n) is 2.99. The van der Waals surface area contributed by atoms with Crippen LogP contribution in [0.3, 0.4) is 0 Å². The average molecular weight is 339 g/mol. The van der Waals surface area contributed by atoms with E-state index in [1.54, 1.807) is 33.8 Å². The van der Waals surface area contributed by atoms with Crippen LogP contribution < -0.4 is 0 Å². The Morgan fingerprint density at radius 2 is 1.76 bits per heavy atom. The molecule has 1 aliphatic heterocycles. The first-order valence-electron chi connectivity index (χ1n) is 8.01. The van der Waals surface area contributed by atoms with Gasteiger partial charge in [0.1, 0.15) is 0 Å². The van der Waals surface area contributed by atoms with Crippen LogP contribution in [0.5, 0.6) is 0 Å². The first kappa shape index (κ1) is 15.3. The van der Waals surface area contributed by atoms with Gasteiger partial charge in [-0.3, -0.25) is 14.3 Å². The number of carbonyl (C=O) groups is 2. The second-order valence-electron chi connectivity index (χ2n) is 5.95. The van der Waals surface area contributed by atoms with Crippen molar-refractivity contribution in [3.63, 3.8) is 0 Å². The van der Waals surface area contributed by atoms with Crippen LogP contribution in [0.15, 0.2) is 36.8 Å². The molecule has 128 valence electrons. The summed E-state index contributed by atoms with van der Waals surface area (Å²) in [4.78, 5) is 28.6. The summed E-state index contributed by atoms with van der Waals surface area (Å²) in [7, 11) is 1.72. The molecule has 0 N–H and O–H groups in total. The van der Waals surface area contributed by atoms with E-state index in [2.05, 4.69) is 15.4 Å². The Hall–Kier alpha value is -3.23. The molecule has 0 radical (unpaired) electrons. The molecule has 0 bridgehead atoms. The van der Waals surface area contributed by atoms with Crippen molar-refractivity contribution < 1.29 is 9.59 Å². The average Bonchev–Trinajstić information content (AvgIpc) is 3.27. The van der Waals surface area contributed by atoms with Crippen molar-refractivity contribution in [1.82, 2.24) is 34.4 Å². The quantitative estimate of drug-likeness (QED) is 0.659. The molecule has 0 unspecified atom stereocenters. The Labute approximate surface area is 143 Å². The van der Waals surface area contributed by atoms with E-state index < -0.39 is 0 Å². The predicted octanol–water partition coefficient (Wildman–Crippen LogP) is 0.0610. The van der Waals surface area contributed by atoms with Crippen molar-refractivity contribution in [3.8, 4) is 0 Å². The molecule has 1 aliphatic rings. The summed E-state index contributed by atoms with van der Waals surface area (Å²) in [6.07, 6.45) is 5.00. The lowest BCUT2D eigenvalue weighted by Gasteiger charge is -2.34. The summed E-state index contributed by atoms with van der Waals surface area (Å²) in [5.74, 6) is -0.219. The molecule has 1 saturated heterocycles.